The molecule has 0 amide bonds. The van der Waals surface area contributed by atoms with E-state index in [0.717, 1.165) is 22.1 Å². The summed E-state index contributed by atoms with van der Waals surface area (Å²) in [5, 5.41) is 4.46. The number of anilines is 1. The smallest absolute Gasteiger partial charge is 0.347 e. The maximum atomic E-state index is 12.6. The maximum absolute atomic E-state index is 12.6. The van der Waals surface area contributed by atoms with E-state index in [-0.39, 0.29) is 5.63 Å². The summed E-state index contributed by atoms with van der Waals surface area (Å²) in [7, 11) is 0. The lowest BCUT2D eigenvalue weighted by atomic mass is 9.95. The van der Waals surface area contributed by atoms with Crippen LogP contribution in [0.1, 0.15) is 32.1 Å². The molecule has 136 valence electrons. The fourth-order valence-corrected chi connectivity index (χ4v) is 3.93. The van der Waals surface area contributed by atoms with E-state index >= 15 is 0 Å². The molecule has 1 aliphatic carbocycles. The molecule has 2 heterocycles. The second kappa shape index (κ2) is 6.58. The molecule has 2 aromatic carbocycles. The first kappa shape index (κ1) is 16.1. The van der Waals surface area contributed by atoms with Crippen LogP contribution in [0.25, 0.3) is 33.4 Å². The molecule has 0 radical (unpaired) electrons. The summed E-state index contributed by atoms with van der Waals surface area (Å²) in [6.45, 7) is 0. The fourth-order valence-electron chi connectivity index (χ4n) is 3.93. The lowest BCUT2D eigenvalue weighted by Gasteiger charge is -2.23. The highest BCUT2D eigenvalue weighted by molar-refractivity contribution is 5.85. The quantitative estimate of drug-likeness (QED) is 0.500. The van der Waals surface area contributed by atoms with Crippen molar-refractivity contribution >= 4 is 27.7 Å². The number of fused-ring (bicyclic) bond motifs is 2. The molecule has 5 rings (SSSR count). The monoisotopic (exact) mass is 359 g/mol. The predicted molar refractivity (Wildman–Crippen MR) is 108 cm³/mol. The summed E-state index contributed by atoms with van der Waals surface area (Å²) >= 11 is 0. The van der Waals surface area contributed by atoms with Crippen LogP contribution in [-0.2, 0) is 0 Å². The number of benzene rings is 2. The van der Waals surface area contributed by atoms with Gasteiger partial charge < -0.3 is 14.7 Å². The van der Waals surface area contributed by atoms with Crippen LogP contribution in [-0.4, -0.2) is 16.0 Å². The van der Waals surface area contributed by atoms with E-state index in [9.17, 15) is 4.79 Å². The van der Waals surface area contributed by atoms with Crippen molar-refractivity contribution in [1.82, 2.24) is 9.97 Å². The Morgan fingerprint density at radius 3 is 2.74 bits per heavy atom. The van der Waals surface area contributed by atoms with E-state index in [1.165, 1.54) is 32.1 Å². The van der Waals surface area contributed by atoms with E-state index in [2.05, 4.69) is 21.4 Å². The van der Waals surface area contributed by atoms with E-state index < -0.39 is 0 Å². The van der Waals surface area contributed by atoms with Gasteiger partial charge in [-0.25, -0.2) is 9.78 Å². The zero-order chi connectivity index (χ0) is 18.2. The molecule has 1 fully saturated rings. The summed E-state index contributed by atoms with van der Waals surface area (Å²) in [4.78, 5) is 20.3. The number of nitrogens with zero attached hydrogens (tertiary/aromatic N) is 1. The van der Waals surface area contributed by atoms with Crippen molar-refractivity contribution in [3.05, 3.63) is 59.0 Å². The minimum atomic E-state index is -0.378. The molecule has 4 aromatic rings. The van der Waals surface area contributed by atoms with E-state index in [0.29, 0.717) is 23.0 Å². The van der Waals surface area contributed by atoms with Gasteiger partial charge in [-0.1, -0.05) is 31.4 Å². The lowest BCUT2D eigenvalue weighted by Crippen LogP contribution is -2.22. The molecule has 1 aliphatic rings. The average Bonchev–Trinajstić information content (AvgIpc) is 3.12. The Balaban J connectivity index is 1.51. The number of nitrogens with one attached hydrogen (secondary N) is 2. The Bertz CT molecular complexity index is 1140. The zero-order valence-electron chi connectivity index (χ0n) is 15.0. The molecule has 5 nitrogen and oxygen atoms in total. The van der Waals surface area contributed by atoms with Crippen molar-refractivity contribution in [2.45, 2.75) is 38.1 Å². The molecule has 5 heteroatoms. The van der Waals surface area contributed by atoms with Crippen LogP contribution in [0.4, 0.5) is 5.69 Å². The molecule has 0 spiro atoms. The van der Waals surface area contributed by atoms with Gasteiger partial charge in [0.25, 0.3) is 0 Å². The van der Waals surface area contributed by atoms with Gasteiger partial charge in [0.05, 0.1) is 11.0 Å². The first-order valence-corrected chi connectivity index (χ1v) is 9.56. The van der Waals surface area contributed by atoms with Crippen LogP contribution < -0.4 is 10.9 Å². The third-order valence-corrected chi connectivity index (χ3v) is 5.36. The normalized spacial score (nSPS) is 15.4. The molecule has 0 aliphatic heterocycles. The Hall–Kier alpha value is -3.08. The van der Waals surface area contributed by atoms with Crippen LogP contribution in [0.3, 0.4) is 0 Å². The lowest BCUT2D eigenvalue weighted by molar-refractivity contribution is 0.462. The van der Waals surface area contributed by atoms with Crippen molar-refractivity contribution in [1.29, 1.82) is 0 Å². The SMILES string of the molecule is O=c1oc2cc(NC3CCCCC3)ccc2cc1-c1nc2ccccc2[nH]1. The van der Waals surface area contributed by atoms with Gasteiger partial charge in [0.1, 0.15) is 17.0 Å². The maximum Gasteiger partial charge on any atom is 0.347 e. The second-order valence-electron chi connectivity index (χ2n) is 7.28. The van der Waals surface area contributed by atoms with Gasteiger partial charge in [-0.05, 0) is 43.2 Å². The molecule has 0 saturated heterocycles. The fraction of sp³-hybridized carbons (Fsp3) is 0.273. The van der Waals surface area contributed by atoms with E-state index in [1.807, 2.05) is 42.5 Å². The molecular weight excluding hydrogens is 338 g/mol. The molecule has 2 N–H and O–H groups in total. The second-order valence-corrected chi connectivity index (χ2v) is 7.28. The van der Waals surface area contributed by atoms with Crippen molar-refractivity contribution in [3.8, 4) is 11.4 Å². The Kier molecular flexibility index (Phi) is 3.93. The first-order chi connectivity index (χ1) is 13.3. The Morgan fingerprint density at radius 2 is 1.89 bits per heavy atom. The molecular formula is C22H21N3O2. The standard InChI is InChI=1S/C22H21N3O2/c26-22-17(21-24-18-8-4-5-9-19(18)25-21)12-14-10-11-16(13-20(14)27-22)23-15-6-2-1-3-7-15/h4-5,8-13,15,23H,1-3,6-7H2,(H,24,25). The number of hydrogen-bond acceptors (Lipinski definition) is 4. The number of rotatable bonds is 3. The third kappa shape index (κ3) is 3.10. The zero-order valence-corrected chi connectivity index (χ0v) is 15.0. The summed E-state index contributed by atoms with van der Waals surface area (Å²) in [5.41, 5.74) is 3.41. The van der Waals surface area contributed by atoms with Gasteiger partial charge in [0.15, 0.2) is 0 Å². The minimum absolute atomic E-state index is 0.378. The van der Waals surface area contributed by atoms with Crippen molar-refractivity contribution in [2.75, 3.05) is 5.32 Å². The van der Waals surface area contributed by atoms with E-state index in [4.69, 9.17) is 4.42 Å². The van der Waals surface area contributed by atoms with Crippen molar-refractivity contribution < 1.29 is 4.42 Å². The summed E-state index contributed by atoms with van der Waals surface area (Å²) in [5.74, 6) is 0.538. The number of aromatic nitrogens is 2. The third-order valence-electron chi connectivity index (χ3n) is 5.36. The van der Waals surface area contributed by atoms with Gasteiger partial charge in [0.2, 0.25) is 0 Å². The number of hydrogen-bond donors (Lipinski definition) is 2. The number of para-hydroxylation sites is 2. The van der Waals surface area contributed by atoms with E-state index in [1.54, 1.807) is 0 Å². The van der Waals surface area contributed by atoms with Crippen LogP contribution >= 0.6 is 0 Å². The minimum Gasteiger partial charge on any atom is -0.422 e. The molecule has 0 atom stereocenters. The van der Waals surface area contributed by atoms with Crippen LogP contribution in [0.15, 0.2) is 57.7 Å². The molecule has 0 bridgehead atoms. The molecule has 1 saturated carbocycles. The van der Waals surface area contributed by atoms with Crippen LogP contribution in [0.2, 0.25) is 0 Å². The number of H-pyrrole nitrogens is 1. The molecule has 2 aromatic heterocycles. The molecule has 27 heavy (non-hydrogen) atoms. The topological polar surface area (TPSA) is 70.9 Å². The Morgan fingerprint density at radius 1 is 1.04 bits per heavy atom. The highest BCUT2D eigenvalue weighted by atomic mass is 16.4. The van der Waals surface area contributed by atoms with Crippen LogP contribution in [0, 0.1) is 0 Å². The Labute approximate surface area is 156 Å². The summed E-state index contributed by atoms with van der Waals surface area (Å²) in [6.07, 6.45) is 6.29. The van der Waals surface area contributed by atoms with Gasteiger partial charge in [-0.2, -0.15) is 0 Å². The predicted octanol–water partition coefficient (Wildman–Crippen LogP) is 5.08. The summed E-state index contributed by atoms with van der Waals surface area (Å²) < 4.78 is 5.62. The highest BCUT2D eigenvalue weighted by Crippen LogP contribution is 2.26. The van der Waals surface area contributed by atoms with Crippen LogP contribution in [0.5, 0.6) is 0 Å². The van der Waals surface area contributed by atoms with Gasteiger partial charge in [-0.3, -0.25) is 0 Å². The first-order valence-electron chi connectivity index (χ1n) is 9.56. The van der Waals surface area contributed by atoms with Gasteiger partial charge in [-0.15, -0.1) is 0 Å². The largest absolute Gasteiger partial charge is 0.422 e. The van der Waals surface area contributed by atoms with Crippen molar-refractivity contribution in [2.24, 2.45) is 0 Å². The van der Waals surface area contributed by atoms with Crippen molar-refractivity contribution in [3.63, 3.8) is 0 Å². The number of imidazole rings is 1. The average molecular weight is 359 g/mol. The summed E-state index contributed by atoms with van der Waals surface area (Å²) in [6, 6.07) is 16.1. The molecule has 0 unspecified atom stereocenters. The van der Waals surface area contributed by atoms with Gasteiger partial charge in [0, 0.05) is 23.2 Å². The number of aromatic amines is 1. The highest BCUT2D eigenvalue weighted by Gasteiger charge is 2.15. The van der Waals surface area contributed by atoms with Gasteiger partial charge >= 0.3 is 5.63 Å².